The van der Waals surface area contributed by atoms with Crippen molar-refractivity contribution in [1.29, 1.82) is 0 Å². The third-order valence-electron chi connectivity index (χ3n) is 7.25. The molecular weight excluding hydrogens is 560 g/mol. The molecule has 4 heterocycles. The Bertz CT molecular complexity index is 1830. The molecule has 0 fully saturated rings. The highest BCUT2D eigenvalue weighted by Gasteiger charge is 2.29. The van der Waals surface area contributed by atoms with Gasteiger partial charge in [-0.15, -0.1) is 0 Å². The van der Waals surface area contributed by atoms with E-state index in [0.29, 0.717) is 47.2 Å². The summed E-state index contributed by atoms with van der Waals surface area (Å²) >= 11 is 1.37. The highest BCUT2D eigenvalue weighted by Crippen LogP contribution is 2.40. The molecular formula is C30H24N4O5S2. The molecule has 0 aliphatic carbocycles. The number of sulfonamides is 1. The van der Waals surface area contributed by atoms with Gasteiger partial charge in [-0.3, -0.25) is 14.7 Å². The summed E-state index contributed by atoms with van der Waals surface area (Å²) in [5, 5.41) is 0.501. The molecule has 2 aromatic heterocycles. The summed E-state index contributed by atoms with van der Waals surface area (Å²) < 4.78 is 40.3. The van der Waals surface area contributed by atoms with Crippen molar-refractivity contribution in [3.8, 4) is 11.5 Å². The van der Waals surface area contributed by atoms with Crippen LogP contribution in [-0.2, 0) is 29.5 Å². The SMILES string of the molecule is O=C(c1ccc(S(=O)(=O)N2CCc3ccccc3C2)cc1)N(Cc1cccnc1)c1nc2cc3c(cc2s1)OCO3. The van der Waals surface area contributed by atoms with Gasteiger partial charge in [0.05, 0.1) is 21.7 Å². The van der Waals surface area contributed by atoms with Gasteiger partial charge in [0.25, 0.3) is 5.91 Å². The van der Waals surface area contributed by atoms with Gasteiger partial charge in [-0.2, -0.15) is 4.31 Å². The van der Waals surface area contributed by atoms with E-state index in [1.807, 2.05) is 48.5 Å². The standard InChI is InChI=1S/C30H24N4O5S2/c35-29(22-7-9-24(10-8-22)41(36,37)33-13-11-21-5-1-2-6-23(21)18-33)34(17-20-4-3-12-31-16-20)30-32-25-14-26-27(39-19-38-26)15-28(25)40-30/h1-10,12,14-16H,11,13,17-19H2. The van der Waals surface area contributed by atoms with Crippen LogP contribution in [0.15, 0.2) is 90.1 Å². The molecule has 0 radical (unpaired) electrons. The van der Waals surface area contributed by atoms with Gasteiger partial charge in [-0.25, -0.2) is 13.4 Å². The van der Waals surface area contributed by atoms with Crippen LogP contribution in [0.4, 0.5) is 5.13 Å². The van der Waals surface area contributed by atoms with Gasteiger partial charge in [-0.05, 0) is 53.4 Å². The number of aromatic nitrogens is 2. The Morgan fingerprint density at radius 3 is 2.54 bits per heavy atom. The molecule has 3 aromatic carbocycles. The van der Waals surface area contributed by atoms with Gasteiger partial charge in [0.1, 0.15) is 0 Å². The number of rotatable bonds is 6. The van der Waals surface area contributed by atoms with E-state index in [4.69, 9.17) is 14.5 Å². The molecule has 206 valence electrons. The summed E-state index contributed by atoms with van der Waals surface area (Å²) in [5.74, 6) is 0.962. The van der Waals surface area contributed by atoms with Crippen molar-refractivity contribution in [2.75, 3.05) is 18.2 Å². The van der Waals surface area contributed by atoms with E-state index in [2.05, 4.69) is 4.98 Å². The fraction of sp³-hybridized carbons (Fsp3) is 0.167. The van der Waals surface area contributed by atoms with Crippen LogP contribution in [0.25, 0.3) is 10.2 Å². The minimum Gasteiger partial charge on any atom is -0.454 e. The number of anilines is 1. The molecule has 0 atom stereocenters. The van der Waals surface area contributed by atoms with Crippen LogP contribution >= 0.6 is 11.3 Å². The summed E-state index contributed by atoms with van der Waals surface area (Å²) in [4.78, 5) is 24.5. The second kappa shape index (κ2) is 10.3. The third kappa shape index (κ3) is 4.82. The highest BCUT2D eigenvalue weighted by molar-refractivity contribution is 7.89. The summed E-state index contributed by atoms with van der Waals surface area (Å²) in [6.45, 7) is 1.15. The predicted molar refractivity (Wildman–Crippen MR) is 155 cm³/mol. The van der Waals surface area contributed by atoms with Crippen molar-refractivity contribution in [1.82, 2.24) is 14.3 Å². The Kier molecular flexibility index (Phi) is 6.41. The largest absolute Gasteiger partial charge is 0.454 e. The number of fused-ring (bicyclic) bond motifs is 3. The Morgan fingerprint density at radius 1 is 0.976 bits per heavy atom. The molecule has 2 aliphatic heterocycles. The van der Waals surface area contributed by atoms with Crippen molar-refractivity contribution in [3.05, 3.63) is 107 Å². The Labute approximate surface area is 240 Å². The number of nitrogens with zero attached hydrogens (tertiary/aromatic N) is 4. The Hall–Kier alpha value is -4.32. The second-order valence-corrected chi connectivity index (χ2v) is 12.8. The van der Waals surface area contributed by atoms with Crippen molar-refractivity contribution in [3.63, 3.8) is 0 Å². The Balaban J connectivity index is 1.18. The molecule has 2 aliphatic rings. The van der Waals surface area contributed by atoms with Crippen molar-refractivity contribution in [2.24, 2.45) is 0 Å². The lowest BCUT2D eigenvalue weighted by molar-refractivity contribution is 0.0985. The lowest BCUT2D eigenvalue weighted by Gasteiger charge is -2.28. The van der Waals surface area contributed by atoms with Gasteiger partial charge in [0.15, 0.2) is 16.6 Å². The zero-order valence-electron chi connectivity index (χ0n) is 21.8. The smallest absolute Gasteiger partial charge is 0.260 e. The molecule has 1 amide bonds. The van der Waals surface area contributed by atoms with Crippen molar-refractivity contribution >= 4 is 42.6 Å². The molecule has 0 N–H and O–H groups in total. The number of carbonyl (C=O) groups is 1. The van der Waals surface area contributed by atoms with Crippen LogP contribution in [0, 0.1) is 0 Å². The molecule has 0 bridgehead atoms. The van der Waals surface area contributed by atoms with Crippen molar-refractivity contribution < 1.29 is 22.7 Å². The van der Waals surface area contributed by atoms with Crippen LogP contribution in [-0.4, -0.2) is 41.9 Å². The van der Waals surface area contributed by atoms with Crippen LogP contribution < -0.4 is 14.4 Å². The number of carbonyl (C=O) groups excluding carboxylic acids is 1. The van der Waals surface area contributed by atoms with Gasteiger partial charge < -0.3 is 9.47 Å². The topological polar surface area (TPSA) is 102 Å². The Morgan fingerprint density at radius 2 is 1.76 bits per heavy atom. The summed E-state index contributed by atoms with van der Waals surface area (Å²) in [6.07, 6.45) is 4.05. The van der Waals surface area contributed by atoms with Gasteiger partial charge >= 0.3 is 0 Å². The normalized spacial score (nSPS) is 14.6. The fourth-order valence-electron chi connectivity index (χ4n) is 5.07. The van der Waals surface area contributed by atoms with Crippen molar-refractivity contribution in [2.45, 2.75) is 24.4 Å². The first kappa shape index (κ1) is 25.6. The summed E-state index contributed by atoms with van der Waals surface area (Å²) in [5.41, 5.74) is 4.07. The van der Waals surface area contributed by atoms with E-state index >= 15 is 0 Å². The average molecular weight is 585 g/mol. The lowest BCUT2D eigenvalue weighted by Crippen LogP contribution is -2.36. The second-order valence-electron chi connectivity index (χ2n) is 9.80. The predicted octanol–water partition coefficient (Wildman–Crippen LogP) is 5.01. The van der Waals surface area contributed by atoms with Gasteiger partial charge in [-0.1, -0.05) is 41.7 Å². The van der Waals surface area contributed by atoms with Crippen LogP contribution in [0.2, 0.25) is 0 Å². The maximum atomic E-state index is 13.9. The quantitative estimate of drug-likeness (QED) is 0.276. The van der Waals surface area contributed by atoms with E-state index in [1.165, 1.54) is 33.3 Å². The number of amides is 1. The number of hydrogen-bond donors (Lipinski definition) is 0. The lowest BCUT2D eigenvalue weighted by atomic mass is 10.0. The molecule has 5 aromatic rings. The number of hydrogen-bond acceptors (Lipinski definition) is 8. The summed E-state index contributed by atoms with van der Waals surface area (Å²) in [7, 11) is -3.72. The molecule has 0 saturated carbocycles. The van der Waals surface area contributed by atoms with E-state index in [1.54, 1.807) is 29.4 Å². The number of pyridine rings is 1. The molecule has 11 heteroatoms. The first-order valence-electron chi connectivity index (χ1n) is 13.0. The number of ether oxygens (including phenoxy) is 2. The zero-order chi connectivity index (χ0) is 28.0. The molecule has 41 heavy (non-hydrogen) atoms. The van der Waals surface area contributed by atoms with E-state index < -0.39 is 10.0 Å². The average Bonchev–Trinajstić information content (AvgIpc) is 3.64. The molecule has 0 saturated heterocycles. The highest BCUT2D eigenvalue weighted by atomic mass is 32.2. The molecule has 7 rings (SSSR count). The molecule has 9 nitrogen and oxygen atoms in total. The molecule has 0 spiro atoms. The first-order chi connectivity index (χ1) is 20.0. The summed E-state index contributed by atoms with van der Waals surface area (Å²) in [6, 6.07) is 21.4. The fourth-order valence-corrected chi connectivity index (χ4v) is 7.46. The monoisotopic (exact) mass is 584 g/mol. The minimum absolute atomic E-state index is 0.154. The first-order valence-corrected chi connectivity index (χ1v) is 15.3. The number of thiazole rings is 1. The van der Waals surface area contributed by atoms with Crippen LogP contribution in [0.5, 0.6) is 11.5 Å². The van der Waals surface area contributed by atoms with E-state index in [9.17, 15) is 13.2 Å². The third-order valence-corrected chi connectivity index (χ3v) is 10.1. The van der Waals surface area contributed by atoms with Gasteiger partial charge in [0, 0.05) is 43.2 Å². The maximum absolute atomic E-state index is 13.9. The van der Waals surface area contributed by atoms with E-state index in [0.717, 1.165) is 15.8 Å². The maximum Gasteiger partial charge on any atom is 0.260 e. The van der Waals surface area contributed by atoms with Gasteiger partial charge in [0.2, 0.25) is 16.8 Å². The van der Waals surface area contributed by atoms with E-state index in [-0.39, 0.29) is 24.1 Å². The van der Waals surface area contributed by atoms with Crippen LogP contribution in [0.3, 0.4) is 0 Å². The number of benzene rings is 3. The zero-order valence-corrected chi connectivity index (χ0v) is 23.4. The van der Waals surface area contributed by atoms with Crippen LogP contribution in [0.1, 0.15) is 27.0 Å². The molecule has 0 unspecified atom stereocenters. The minimum atomic E-state index is -3.72.